The van der Waals surface area contributed by atoms with E-state index in [9.17, 15) is 0 Å². The van der Waals surface area contributed by atoms with Crippen LogP contribution in [0.15, 0.2) is 29.8 Å². The summed E-state index contributed by atoms with van der Waals surface area (Å²) in [5, 5.41) is 0. The number of hydrogen-bond acceptors (Lipinski definition) is 0. The number of aryl methyl sites for hydroxylation is 3. The van der Waals surface area contributed by atoms with Crippen molar-refractivity contribution in [1.82, 2.24) is 0 Å². The van der Waals surface area contributed by atoms with Crippen LogP contribution in [0.4, 0.5) is 0 Å². The highest BCUT2D eigenvalue weighted by Gasteiger charge is 2.21. The molecule has 0 bridgehead atoms. The Labute approximate surface area is 134 Å². The van der Waals surface area contributed by atoms with Gasteiger partial charge in [0.1, 0.15) is 0 Å². The first-order valence-electron chi connectivity index (χ1n) is 8.29. The van der Waals surface area contributed by atoms with E-state index in [0.29, 0.717) is 5.92 Å². The van der Waals surface area contributed by atoms with E-state index in [1.54, 1.807) is 5.57 Å². The fourth-order valence-corrected chi connectivity index (χ4v) is 3.36. The minimum absolute atomic E-state index is 0.625. The molecule has 0 aromatic heterocycles. The molecule has 0 saturated carbocycles. The van der Waals surface area contributed by atoms with Gasteiger partial charge in [0, 0.05) is 0 Å². The van der Waals surface area contributed by atoms with Gasteiger partial charge in [0.05, 0.1) is 0 Å². The van der Waals surface area contributed by atoms with E-state index in [1.807, 2.05) is 0 Å². The maximum Gasteiger partial charge on any atom is -0.00523 e. The molecule has 2 aromatic rings. The van der Waals surface area contributed by atoms with Crippen LogP contribution in [0.1, 0.15) is 47.2 Å². The fraction of sp³-hybridized carbons (Fsp3) is 0.364. The highest BCUT2D eigenvalue weighted by molar-refractivity contribution is 5.83. The predicted octanol–water partition coefficient (Wildman–Crippen LogP) is 6.18. The highest BCUT2D eigenvalue weighted by atomic mass is 14.3. The summed E-state index contributed by atoms with van der Waals surface area (Å²) in [6.45, 7) is 13.5. The summed E-state index contributed by atoms with van der Waals surface area (Å²) < 4.78 is 0. The van der Waals surface area contributed by atoms with Crippen LogP contribution in [0.25, 0.3) is 17.2 Å². The summed E-state index contributed by atoms with van der Waals surface area (Å²) in [6.07, 6.45) is 3.56. The van der Waals surface area contributed by atoms with Crippen LogP contribution in [-0.2, 0) is 6.42 Å². The Kier molecular flexibility index (Phi) is 3.72. The molecule has 0 unspecified atom stereocenters. The Balaban J connectivity index is 2.23. The second-order valence-electron chi connectivity index (χ2n) is 7.11. The minimum atomic E-state index is 0.625. The van der Waals surface area contributed by atoms with Gasteiger partial charge in [-0.2, -0.15) is 0 Å². The molecule has 2 aromatic carbocycles. The molecule has 0 heteroatoms. The standard InChI is InChI=1S/C22H26/c1-13(2)19-11-20-17(6)16(5)10-21(22(20)12-19)18-8-7-14(3)15(4)9-18/h7-10,12-13H,11H2,1-6H3. The molecule has 3 rings (SSSR count). The maximum atomic E-state index is 2.44. The molecular formula is C22H26. The van der Waals surface area contributed by atoms with Crippen LogP contribution in [0.5, 0.6) is 0 Å². The van der Waals surface area contributed by atoms with Crippen molar-refractivity contribution in [3.8, 4) is 11.1 Å². The summed E-state index contributed by atoms with van der Waals surface area (Å²) in [4.78, 5) is 0. The van der Waals surface area contributed by atoms with Gasteiger partial charge in [-0.15, -0.1) is 0 Å². The van der Waals surface area contributed by atoms with Gasteiger partial charge in [0.2, 0.25) is 0 Å². The van der Waals surface area contributed by atoms with E-state index in [4.69, 9.17) is 0 Å². The van der Waals surface area contributed by atoms with Crippen molar-refractivity contribution in [3.05, 3.63) is 63.2 Å². The smallest absolute Gasteiger partial charge is 0.00523 e. The summed E-state index contributed by atoms with van der Waals surface area (Å²) in [7, 11) is 0. The molecule has 114 valence electrons. The third-order valence-electron chi connectivity index (χ3n) is 5.29. The molecular weight excluding hydrogens is 264 g/mol. The first-order valence-corrected chi connectivity index (χ1v) is 8.29. The number of hydrogen-bond donors (Lipinski definition) is 0. The average molecular weight is 290 g/mol. The summed E-state index contributed by atoms with van der Waals surface area (Å²) in [5.41, 5.74) is 12.9. The van der Waals surface area contributed by atoms with Crippen molar-refractivity contribution >= 4 is 6.08 Å². The van der Waals surface area contributed by atoms with Crippen molar-refractivity contribution in [3.63, 3.8) is 0 Å². The fourth-order valence-electron chi connectivity index (χ4n) is 3.36. The first kappa shape index (κ1) is 15.1. The number of allylic oxidation sites excluding steroid dienone is 1. The summed E-state index contributed by atoms with van der Waals surface area (Å²) in [5.74, 6) is 0.625. The lowest BCUT2D eigenvalue weighted by atomic mass is 9.89. The van der Waals surface area contributed by atoms with Crippen molar-refractivity contribution in [2.45, 2.75) is 48.0 Å². The SMILES string of the molecule is Cc1ccc(-c2cc(C)c(C)c3c2C=C(C(C)C)C3)cc1C. The number of fused-ring (bicyclic) bond motifs is 1. The van der Waals surface area contributed by atoms with Crippen molar-refractivity contribution in [2.75, 3.05) is 0 Å². The zero-order chi connectivity index (χ0) is 16.0. The summed E-state index contributed by atoms with van der Waals surface area (Å²) in [6, 6.07) is 9.22. The van der Waals surface area contributed by atoms with Gasteiger partial charge in [-0.05, 0) is 84.5 Å². The van der Waals surface area contributed by atoms with Crippen LogP contribution in [0.2, 0.25) is 0 Å². The van der Waals surface area contributed by atoms with Crippen molar-refractivity contribution in [2.24, 2.45) is 5.92 Å². The largest absolute Gasteiger partial charge is 0.0626 e. The molecule has 0 nitrogen and oxygen atoms in total. The normalized spacial score (nSPS) is 13.5. The third-order valence-corrected chi connectivity index (χ3v) is 5.29. The van der Waals surface area contributed by atoms with Crippen LogP contribution in [-0.4, -0.2) is 0 Å². The molecule has 0 atom stereocenters. The molecule has 0 spiro atoms. The predicted molar refractivity (Wildman–Crippen MR) is 97.3 cm³/mol. The molecule has 0 fully saturated rings. The quantitative estimate of drug-likeness (QED) is 0.619. The monoisotopic (exact) mass is 290 g/mol. The molecule has 1 aliphatic carbocycles. The van der Waals surface area contributed by atoms with Crippen LogP contribution >= 0.6 is 0 Å². The molecule has 0 saturated heterocycles. The Hall–Kier alpha value is -1.82. The molecule has 22 heavy (non-hydrogen) atoms. The van der Waals surface area contributed by atoms with Gasteiger partial charge in [0.25, 0.3) is 0 Å². The second kappa shape index (κ2) is 5.43. The minimum Gasteiger partial charge on any atom is -0.0626 e. The van der Waals surface area contributed by atoms with E-state index in [-0.39, 0.29) is 0 Å². The van der Waals surface area contributed by atoms with Crippen LogP contribution in [0.3, 0.4) is 0 Å². The zero-order valence-corrected chi connectivity index (χ0v) is 14.7. The van der Waals surface area contributed by atoms with Gasteiger partial charge in [-0.3, -0.25) is 0 Å². The lowest BCUT2D eigenvalue weighted by Crippen LogP contribution is -1.98. The van der Waals surface area contributed by atoms with Gasteiger partial charge in [-0.25, -0.2) is 0 Å². The Morgan fingerprint density at radius 1 is 0.864 bits per heavy atom. The van der Waals surface area contributed by atoms with E-state index in [2.05, 4.69) is 71.9 Å². The summed E-state index contributed by atoms with van der Waals surface area (Å²) >= 11 is 0. The van der Waals surface area contributed by atoms with Crippen LogP contribution < -0.4 is 0 Å². The third kappa shape index (κ3) is 2.41. The highest BCUT2D eigenvalue weighted by Crippen LogP contribution is 2.39. The van der Waals surface area contributed by atoms with E-state index < -0.39 is 0 Å². The average Bonchev–Trinajstić information content (AvgIpc) is 2.91. The lowest BCUT2D eigenvalue weighted by molar-refractivity contribution is 0.753. The molecule has 0 N–H and O–H groups in total. The first-order chi connectivity index (χ1) is 10.4. The molecule has 1 aliphatic rings. The van der Waals surface area contributed by atoms with Crippen molar-refractivity contribution in [1.29, 1.82) is 0 Å². The lowest BCUT2D eigenvalue weighted by Gasteiger charge is -2.15. The Morgan fingerprint density at radius 3 is 2.23 bits per heavy atom. The second-order valence-corrected chi connectivity index (χ2v) is 7.11. The maximum absolute atomic E-state index is 2.44. The van der Waals surface area contributed by atoms with Gasteiger partial charge < -0.3 is 0 Å². The van der Waals surface area contributed by atoms with Crippen LogP contribution in [0, 0.1) is 33.6 Å². The Bertz CT molecular complexity index is 773. The van der Waals surface area contributed by atoms with Crippen molar-refractivity contribution < 1.29 is 0 Å². The van der Waals surface area contributed by atoms with Gasteiger partial charge >= 0.3 is 0 Å². The molecule has 0 amide bonds. The number of benzene rings is 2. The molecule has 0 radical (unpaired) electrons. The molecule has 0 aliphatic heterocycles. The topological polar surface area (TPSA) is 0 Å². The Morgan fingerprint density at radius 2 is 1.59 bits per heavy atom. The molecule has 0 heterocycles. The van der Waals surface area contributed by atoms with E-state index in [0.717, 1.165) is 6.42 Å². The zero-order valence-electron chi connectivity index (χ0n) is 14.7. The van der Waals surface area contributed by atoms with Gasteiger partial charge in [0.15, 0.2) is 0 Å². The number of rotatable bonds is 2. The van der Waals surface area contributed by atoms with E-state index >= 15 is 0 Å². The van der Waals surface area contributed by atoms with Gasteiger partial charge in [-0.1, -0.05) is 49.8 Å². The van der Waals surface area contributed by atoms with E-state index in [1.165, 1.54) is 44.5 Å².